The van der Waals surface area contributed by atoms with Gasteiger partial charge >= 0.3 is 5.97 Å². The van der Waals surface area contributed by atoms with E-state index in [4.69, 9.17) is 15.2 Å². The van der Waals surface area contributed by atoms with Crippen LogP contribution in [0.25, 0.3) is 0 Å². The molecule has 0 amide bonds. The number of carbonyl (C=O) groups excluding carboxylic acids is 1. The molecule has 1 aromatic carbocycles. The van der Waals surface area contributed by atoms with Gasteiger partial charge in [-0.2, -0.15) is 0 Å². The van der Waals surface area contributed by atoms with Crippen LogP contribution in [-0.2, 0) is 27.5 Å². The Labute approximate surface area is 107 Å². The van der Waals surface area contributed by atoms with Gasteiger partial charge in [-0.3, -0.25) is 4.79 Å². The molecule has 1 heterocycles. The van der Waals surface area contributed by atoms with E-state index in [-0.39, 0.29) is 12.0 Å². The van der Waals surface area contributed by atoms with Gasteiger partial charge in [0.2, 0.25) is 0 Å². The molecule has 0 radical (unpaired) electrons. The van der Waals surface area contributed by atoms with E-state index in [0.29, 0.717) is 32.7 Å². The third kappa shape index (κ3) is 3.09. The fourth-order valence-electron chi connectivity index (χ4n) is 2.10. The van der Waals surface area contributed by atoms with E-state index in [2.05, 4.69) is 12.1 Å². The van der Waals surface area contributed by atoms with Crippen molar-refractivity contribution >= 4 is 5.97 Å². The molecule has 2 rings (SSSR count). The predicted octanol–water partition coefficient (Wildman–Crippen LogP) is 2.06. The van der Waals surface area contributed by atoms with E-state index in [1.165, 1.54) is 11.1 Å². The van der Waals surface area contributed by atoms with Crippen LogP contribution in [0.15, 0.2) is 18.2 Å². The molecule has 1 atom stereocenters. The molecule has 1 aliphatic heterocycles. The molecule has 4 heteroatoms. The second-order valence-electron chi connectivity index (χ2n) is 4.47. The van der Waals surface area contributed by atoms with Gasteiger partial charge in [0, 0.05) is 12.5 Å². The van der Waals surface area contributed by atoms with Crippen molar-refractivity contribution in [2.75, 3.05) is 6.61 Å². The van der Waals surface area contributed by atoms with Gasteiger partial charge in [0.25, 0.3) is 0 Å². The molecular formula is C14H19NO3. The maximum absolute atomic E-state index is 11.3. The van der Waals surface area contributed by atoms with Crippen molar-refractivity contribution in [2.24, 2.45) is 5.73 Å². The molecule has 1 aromatic rings. The summed E-state index contributed by atoms with van der Waals surface area (Å²) in [5, 5.41) is 0. The topological polar surface area (TPSA) is 61.5 Å². The van der Waals surface area contributed by atoms with Gasteiger partial charge in [0.1, 0.15) is 0 Å². The van der Waals surface area contributed by atoms with E-state index < -0.39 is 0 Å². The maximum Gasteiger partial charge on any atom is 0.305 e. The number of nitrogens with two attached hydrogens (primary N) is 1. The van der Waals surface area contributed by atoms with Crippen molar-refractivity contribution in [3.8, 4) is 0 Å². The van der Waals surface area contributed by atoms with Gasteiger partial charge in [0.05, 0.1) is 19.8 Å². The molecule has 0 spiro atoms. The normalized spacial score (nSPS) is 15.2. The fourth-order valence-corrected chi connectivity index (χ4v) is 2.10. The second-order valence-corrected chi connectivity index (χ2v) is 4.47. The van der Waals surface area contributed by atoms with E-state index in [1.807, 2.05) is 6.07 Å². The fraction of sp³-hybridized carbons (Fsp3) is 0.500. The Morgan fingerprint density at radius 2 is 2.22 bits per heavy atom. The van der Waals surface area contributed by atoms with Crippen molar-refractivity contribution in [3.05, 3.63) is 34.9 Å². The van der Waals surface area contributed by atoms with Crippen LogP contribution in [0, 0.1) is 0 Å². The number of esters is 1. The molecule has 98 valence electrons. The lowest BCUT2D eigenvalue weighted by molar-refractivity contribution is -0.143. The Bertz CT molecular complexity index is 431. The predicted molar refractivity (Wildman–Crippen MR) is 67.7 cm³/mol. The maximum atomic E-state index is 11.3. The lowest BCUT2D eigenvalue weighted by Gasteiger charge is -2.12. The molecule has 1 aliphatic rings. The monoisotopic (exact) mass is 249 g/mol. The summed E-state index contributed by atoms with van der Waals surface area (Å²) < 4.78 is 10.3. The third-order valence-electron chi connectivity index (χ3n) is 3.14. The first kappa shape index (κ1) is 13.1. The number of benzene rings is 1. The molecule has 4 nitrogen and oxygen atoms in total. The van der Waals surface area contributed by atoms with Crippen LogP contribution in [0.2, 0.25) is 0 Å². The van der Waals surface area contributed by atoms with Crippen molar-refractivity contribution in [1.29, 1.82) is 0 Å². The molecular weight excluding hydrogens is 230 g/mol. The van der Waals surface area contributed by atoms with Crippen molar-refractivity contribution < 1.29 is 14.3 Å². The van der Waals surface area contributed by atoms with Crippen molar-refractivity contribution in [2.45, 2.75) is 39.0 Å². The lowest BCUT2D eigenvalue weighted by atomic mass is 9.99. The van der Waals surface area contributed by atoms with Crippen LogP contribution < -0.4 is 5.73 Å². The van der Waals surface area contributed by atoms with Crippen LogP contribution in [0.4, 0.5) is 0 Å². The highest BCUT2D eigenvalue weighted by Crippen LogP contribution is 2.24. The Balaban J connectivity index is 1.92. The summed E-state index contributed by atoms with van der Waals surface area (Å²) in [6, 6.07) is 6.03. The first-order chi connectivity index (χ1) is 8.70. The van der Waals surface area contributed by atoms with Gasteiger partial charge in [-0.15, -0.1) is 0 Å². The zero-order valence-corrected chi connectivity index (χ0v) is 10.6. The van der Waals surface area contributed by atoms with Crippen LogP contribution in [0.5, 0.6) is 0 Å². The Morgan fingerprint density at radius 1 is 1.44 bits per heavy atom. The van der Waals surface area contributed by atoms with Crippen LogP contribution >= 0.6 is 0 Å². The standard InChI is InChI=1S/C14H19NO3/c1-2-18-14(16)6-5-13(15)10-3-4-11-8-17-9-12(11)7-10/h3-4,7,13H,2,5-6,8-9,15H2,1H3. The zero-order valence-electron chi connectivity index (χ0n) is 10.6. The number of hydrogen-bond donors (Lipinski definition) is 1. The first-order valence-corrected chi connectivity index (χ1v) is 6.31. The second kappa shape index (κ2) is 5.98. The SMILES string of the molecule is CCOC(=O)CCC(N)c1ccc2c(c1)COC2. The van der Waals surface area contributed by atoms with Gasteiger partial charge in [-0.1, -0.05) is 18.2 Å². The minimum absolute atomic E-state index is 0.125. The summed E-state index contributed by atoms with van der Waals surface area (Å²) >= 11 is 0. The van der Waals surface area contributed by atoms with Crippen LogP contribution in [-0.4, -0.2) is 12.6 Å². The number of ether oxygens (including phenoxy) is 2. The highest BCUT2D eigenvalue weighted by atomic mass is 16.5. The lowest BCUT2D eigenvalue weighted by Crippen LogP contribution is -2.14. The molecule has 1 unspecified atom stereocenters. The molecule has 0 fully saturated rings. The molecule has 2 N–H and O–H groups in total. The Kier molecular flexibility index (Phi) is 4.33. The largest absolute Gasteiger partial charge is 0.466 e. The van der Waals surface area contributed by atoms with Crippen molar-refractivity contribution in [3.63, 3.8) is 0 Å². The third-order valence-corrected chi connectivity index (χ3v) is 3.14. The molecule has 0 bridgehead atoms. The Hall–Kier alpha value is -1.39. The summed E-state index contributed by atoms with van der Waals surface area (Å²) in [5.74, 6) is -0.183. The highest BCUT2D eigenvalue weighted by molar-refractivity contribution is 5.69. The van der Waals surface area contributed by atoms with Crippen molar-refractivity contribution in [1.82, 2.24) is 0 Å². The number of rotatable bonds is 5. The summed E-state index contributed by atoms with van der Waals surface area (Å²) in [6.45, 7) is 3.57. The van der Waals surface area contributed by atoms with E-state index in [0.717, 1.165) is 5.56 Å². The smallest absolute Gasteiger partial charge is 0.305 e. The minimum Gasteiger partial charge on any atom is -0.466 e. The summed E-state index contributed by atoms with van der Waals surface area (Å²) in [4.78, 5) is 11.3. The first-order valence-electron chi connectivity index (χ1n) is 6.31. The van der Waals surface area contributed by atoms with Gasteiger partial charge < -0.3 is 15.2 Å². The van der Waals surface area contributed by atoms with E-state index in [1.54, 1.807) is 6.92 Å². The average molecular weight is 249 g/mol. The summed E-state index contributed by atoms with van der Waals surface area (Å²) in [7, 11) is 0. The molecule has 0 aromatic heterocycles. The number of hydrogen-bond acceptors (Lipinski definition) is 4. The van der Waals surface area contributed by atoms with E-state index >= 15 is 0 Å². The van der Waals surface area contributed by atoms with Gasteiger partial charge in [-0.05, 0) is 30.0 Å². The Morgan fingerprint density at radius 3 is 3.00 bits per heavy atom. The average Bonchev–Trinajstić information content (AvgIpc) is 2.83. The highest BCUT2D eigenvalue weighted by Gasteiger charge is 2.15. The number of carbonyl (C=O) groups is 1. The molecule has 0 saturated heterocycles. The number of fused-ring (bicyclic) bond motifs is 1. The van der Waals surface area contributed by atoms with Gasteiger partial charge in [-0.25, -0.2) is 0 Å². The quantitative estimate of drug-likeness (QED) is 0.811. The molecule has 0 saturated carbocycles. The zero-order chi connectivity index (χ0) is 13.0. The summed E-state index contributed by atoms with van der Waals surface area (Å²) in [5.41, 5.74) is 9.58. The molecule has 0 aliphatic carbocycles. The van der Waals surface area contributed by atoms with E-state index in [9.17, 15) is 4.79 Å². The van der Waals surface area contributed by atoms with Crippen LogP contribution in [0.1, 0.15) is 42.5 Å². The molecule has 18 heavy (non-hydrogen) atoms. The summed E-state index contributed by atoms with van der Waals surface area (Å²) in [6.07, 6.45) is 0.973. The van der Waals surface area contributed by atoms with Gasteiger partial charge in [0.15, 0.2) is 0 Å². The van der Waals surface area contributed by atoms with Crippen LogP contribution in [0.3, 0.4) is 0 Å². The minimum atomic E-state index is -0.183.